The highest BCUT2D eigenvalue weighted by Crippen LogP contribution is 2.33. The Morgan fingerprint density at radius 1 is 0.886 bits per heavy atom. The molecule has 0 aliphatic rings. The summed E-state index contributed by atoms with van der Waals surface area (Å²) in [5.41, 5.74) is 5.09. The monoisotopic (exact) mass is 468 g/mol. The van der Waals surface area contributed by atoms with Gasteiger partial charge in [0.05, 0.1) is 44.0 Å². The van der Waals surface area contributed by atoms with E-state index in [4.69, 9.17) is 9.47 Å². The predicted octanol–water partition coefficient (Wildman–Crippen LogP) is 5.21. The first kappa shape index (κ1) is 22.6. The number of rotatable bonds is 8. The first-order chi connectivity index (χ1) is 17.1. The van der Waals surface area contributed by atoms with Crippen molar-refractivity contribution in [2.75, 3.05) is 26.1 Å². The third kappa shape index (κ3) is 4.61. The SMILES string of the molecule is COCCn1cc(-c2ccc3cnc(Nc4ccc(-c5cnc(C)n5C)cc4OC)cc3c2)cn1. The highest BCUT2D eigenvalue weighted by atomic mass is 16.5. The Labute approximate surface area is 204 Å². The molecule has 5 rings (SSSR count). The molecule has 0 unspecified atom stereocenters. The third-order valence-corrected chi connectivity index (χ3v) is 6.19. The molecule has 1 N–H and O–H groups in total. The lowest BCUT2D eigenvalue weighted by Crippen LogP contribution is -2.03. The fourth-order valence-electron chi connectivity index (χ4n) is 4.07. The summed E-state index contributed by atoms with van der Waals surface area (Å²) in [7, 11) is 5.37. The van der Waals surface area contributed by atoms with Gasteiger partial charge in [-0.3, -0.25) is 4.68 Å². The molecule has 0 saturated heterocycles. The minimum Gasteiger partial charge on any atom is -0.495 e. The topological polar surface area (TPSA) is 79.0 Å². The van der Waals surface area contributed by atoms with Crippen LogP contribution in [0.1, 0.15) is 5.82 Å². The van der Waals surface area contributed by atoms with E-state index in [0.29, 0.717) is 6.61 Å². The molecule has 0 radical (unpaired) electrons. The summed E-state index contributed by atoms with van der Waals surface area (Å²) in [6, 6.07) is 14.5. The molecule has 3 heterocycles. The quantitative estimate of drug-likeness (QED) is 0.337. The number of pyridine rings is 1. The molecule has 3 aromatic heterocycles. The molecule has 0 amide bonds. The second-order valence-corrected chi connectivity index (χ2v) is 8.41. The molecule has 0 spiro atoms. The minimum atomic E-state index is 0.631. The lowest BCUT2D eigenvalue weighted by molar-refractivity contribution is 0.183. The van der Waals surface area contributed by atoms with Crippen molar-refractivity contribution >= 4 is 22.3 Å². The standard InChI is InChI=1S/C27H28N6O2/c1-18-28-16-25(32(18)2)20-7-8-24(26(12-20)35-4)31-27-13-22-11-19(5-6-21(22)14-29-27)23-15-30-33(17-23)9-10-34-3/h5-8,11-17H,9-10H2,1-4H3,(H,29,31). The summed E-state index contributed by atoms with van der Waals surface area (Å²) < 4.78 is 14.8. The summed E-state index contributed by atoms with van der Waals surface area (Å²) in [6.07, 6.45) is 7.67. The number of imidazole rings is 1. The molecule has 2 aromatic carbocycles. The van der Waals surface area contributed by atoms with E-state index in [2.05, 4.69) is 49.2 Å². The Kier molecular flexibility index (Phi) is 6.20. The molecule has 0 bridgehead atoms. The van der Waals surface area contributed by atoms with Gasteiger partial charge >= 0.3 is 0 Å². The van der Waals surface area contributed by atoms with E-state index in [1.165, 1.54) is 0 Å². The van der Waals surface area contributed by atoms with Crippen molar-refractivity contribution in [1.82, 2.24) is 24.3 Å². The predicted molar refractivity (Wildman–Crippen MR) is 138 cm³/mol. The van der Waals surface area contributed by atoms with Gasteiger partial charge < -0.3 is 19.4 Å². The van der Waals surface area contributed by atoms with Gasteiger partial charge in [-0.05, 0) is 42.1 Å². The van der Waals surface area contributed by atoms with Gasteiger partial charge in [0.25, 0.3) is 0 Å². The average molecular weight is 469 g/mol. The first-order valence-corrected chi connectivity index (χ1v) is 11.4. The maximum atomic E-state index is 5.68. The van der Waals surface area contributed by atoms with Crippen molar-refractivity contribution < 1.29 is 9.47 Å². The number of nitrogens with one attached hydrogen (secondary N) is 1. The van der Waals surface area contributed by atoms with Gasteiger partial charge in [-0.25, -0.2) is 9.97 Å². The zero-order valence-corrected chi connectivity index (χ0v) is 20.3. The molecular weight excluding hydrogens is 440 g/mol. The van der Waals surface area contributed by atoms with Crippen LogP contribution in [0.3, 0.4) is 0 Å². The molecule has 178 valence electrons. The fourth-order valence-corrected chi connectivity index (χ4v) is 4.07. The van der Waals surface area contributed by atoms with Crippen LogP contribution in [0.25, 0.3) is 33.2 Å². The van der Waals surface area contributed by atoms with Crippen LogP contribution in [0.15, 0.2) is 67.3 Å². The van der Waals surface area contributed by atoms with Crippen molar-refractivity contribution in [2.45, 2.75) is 13.5 Å². The van der Waals surface area contributed by atoms with Crippen LogP contribution in [0, 0.1) is 6.92 Å². The number of hydrogen-bond donors (Lipinski definition) is 1. The van der Waals surface area contributed by atoms with Crippen LogP contribution in [0.2, 0.25) is 0 Å². The Balaban J connectivity index is 1.42. The van der Waals surface area contributed by atoms with E-state index in [9.17, 15) is 0 Å². The van der Waals surface area contributed by atoms with Crippen molar-refractivity contribution in [1.29, 1.82) is 0 Å². The third-order valence-electron chi connectivity index (χ3n) is 6.19. The number of aromatic nitrogens is 5. The maximum Gasteiger partial charge on any atom is 0.143 e. The first-order valence-electron chi connectivity index (χ1n) is 11.4. The van der Waals surface area contributed by atoms with Gasteiger partial charge in [0.2, 0.25) is 0 Å². The Bertz CT molecular complexity index is 1490. The number of nitrogens with zero attached hydrogens (tertiary/aromatic N) is 5. The Morgan fingerprint density at radius 2 is 1.74 bits per heavy atom. The van der Waals surface area contributed by atoms with Crippen molar-refractivity contribution in [3.8, 4) is 28.1 Å². The largest absolute Gasteiger partial charge is 0.495 e. The van der Waals surface area contributed by atoms with Crippen LogP contribution >= 0.6 is 0 Å². The van der Waals surface area contributed by atoms with Gasteiger partial charge in [-0.15, -0.1) is 0 Å². The number of aryl methyl sites for hydroxylation is 1. The molecular formula is C27H28N6O2. The molecule has 8 heteroatoms. The molecule has 0 aliphatic carbocycles. The van der Waals surface area contributed by atoms with E-state index in [-0.39, 0.29) is 0 Å². The van der Waals surface area contributed by atoms with Crippen molar-refractivity contribution in [3.05, 3.63) is 73.1 Å². The fraction of sp³-hybridized carbons (Fsp3) is 0.222. The number of fused-ring (bicyclic) bond motifs is 1. The van der Waals surface area contributed by atoms with Crippen LogP contribution in [-0.4, -0.2) is 45.1 Å². The van der Waals surface area contributed by atoms with Crippen LogP contribution in [0.4, 0.5) is 11.5 Å². The van der Waals surface area contributed by atoms with E-state index < -0.39 is 0 Å². The highest BCUT2D eigenvalue weighted by Gasteiger charge is 2.11. The number of methoxy groups -OCH3 is 2. The van der Waals surface area contributed by atoms with Gasteiger partial charge in [0, 0.05) is 43.1 Å². The van der Waals surface area contributed by atoms with E-state index in [1.54, 1.807) is 14.2 Å². The summed E-state index contributed by atoms with van der Waals surface area (Å²) in [6.45, 7) is 3.34. The normalized spacial score (nSPS) is 11.2. The van der Waals surface area contributed by atoms with Crippen molar-refractivity contribution in [3.63, 3.8) is 0 Å². The zero-order valence-electron chi connectivity index (χ0n) is 20.3. The summed E-state index contributed by atoms with van der Waals surface area (Å²) in [5.74, 6) is 2.44. The van der Waals surface area contributed by atoms with Crippen LogP contribution < -0.4 is 10.1 Å². The highest BCUT2D eigenvalue weighted by molar-refractivity contribution is 5.89. The lowest BCUT2D eigenvalue weighted by atomic mass is 10.0. The van der Waals surface area contributed by atoms with E-state index in [0.717, 1.165) is 62.8 Å². The number of ether oxygens (including phenoxy) is 2. The van der Waals surface area contributed by atoms with Crippen molar-refractivity contribution in [2.24, 2.45) is 7.05 Å². The number of hydrogen-bond acceptors (Lipinski definition) is 6. The molecule has 8 nitrogen and oxygen atoms in total. The number of anilines is 2. The second kappa shape index (κ2) is 9.60. The van der Waals surface area contributed by atoms with Gasteiger partial charge in [-0.1, -0.05) is 18.2 Å². The maximum absolute atomic E-state index is 5.68. The molecule has 35 heavy (non-hydrogen) atoms. The summed E-state index contributed by atoms with van der Waals surface area (Å²) in [4.78, 5) is 9.00. The number of benzene rings is 2. The molecule has 0 saturated carbocycles. The Morgan fingerprint density at radius 3 is 2.51 bits per heavy atom. The molecule has 0 atom stereocenters. The van der Waals surface area contributed by atoms with Gasteiger partial charge in [-0.2, -0.15) is 5.10 Å². The van der Waals surface area contributed by atoms with Crippen LogP contribution in [-0.2, 0) is 18.3 Å². The Hall–Kier alpha value is -4.17. The summed E-state index contributed by atoms with van der Waals surface area (Å²) >= 11 is 0. The van der Waals surface area contributed by atoms with E-state index in [1.807, 2.05) is 61.6 Å². The van der Waals surface area contributed by atoms with Gasteiger partial charge in [0.15, 0.2) is 0 Å². The minimum absolute atomic E-state index is 0.631. The average Bonchev–Trinajstić information content (AvgIpc) is 3.49. The van der Waals surface area contributed by atoms with E-state index >= 15 is 0 Å². The second-order valence-electron chi connectivity index (χ2n) is 8.41. The summed E-state index contributed by atoms with van der Waals surface area (Å²) in [5, 5.41) is 10.0. The zero-order chi connectivity index (χ0) is 24.4. The molecule has 5 aromatic rings. The smallest absolute Gasteiger partial charge is 0.143 e. The van der Waals surface area contributed by atoms with Crippen LogP contribution in [0.5, 0.6) is 5.75 Å². The van der Waals surface area contributed by atoms with Gasteiger partial charge in [0.1, 0.15) is 17.4 Å². The molecule has 0 fully saturated rings. The lowest BCUT2D eigenvalue weighted by Gasteiger charge is -2.13. The molecule has 0 aliphatic heterocycles.